The van der Waals surface area contributed by atoms with E-state index >= 15 is 0 Å². The van der Waals surface area contributed by atoms with E-state index in [1.807, 2.05) is 6.07 Å². The van der Waals surface area contributed by atoms with E-state index in [1.54, 1.807) is 6.07 Å². The lowest BCUT2D eigenvalue weighted by Crippen LogP contribution is -2.54. The summed E-state index contributed by atoms with van der Waals surface area (Å²) >= 11 is 0. The van der Waals surface area contributed by atoms with E-state index < -0.39 is 11.7 Å². The van der Waals surface area contributed by atoms with E-state index in [0.29, 0.717) is 13.0 Å². The fourth-order valence-electron chi connectivity index (χ4n) is 3.10. The first-order valence-corrected chi connectivity index (χ1v) is 7.95. The molecule has 1 aromatic rings. The van der Waals surface area contributed by atoms with Gasteiger partial charge in [-0.15, -0.1) is 0 Å². The van der Waals surface area contributed by atoms with E-state index in [-0.39, 0.29) is 17.8 Å². The Hall–Kier alpha value is -1.14. The molecule has 2 nitrogen and oxygen atoms in total. The van der Waals surface area contributed by atoms with Crippen LogP contribution in [-0.2, 0) is 5.41 Å². The van der Waals surface area contributed by atoms with Crippen molar-refractivity contribution in [1.82, 2.24) is 10.6 Å². The van der Waals surface area contributed by atoms with Gasteiger partial charge in [-0.2, -0.15) is 13.2 Å². The molecule has 0 spiro atoms. The number of piperidine rings is 1. The van der Waals surface area contributed by atoms with Crippen LogP contribution in [0.5, 0.6) is 0 Å². The molecule has 1 heterocycles. The smallest absolute Gasteiger partial charge is 0.316 e. The fourth-order valence-corrected chi connectivity index (χ4v) is 3.10. The summed E-state index contributed by atoms with van der Waals surface area (Å²) in [6.45, 7) is 4.05. The first kappa shape index (κ1) is 18.2. The van der Waals surface area contributed by atoms with Gasteiger partial charge in [0.2, 0.25) is 0 Å². The van der Waals surface area contributed by atoms with Gasteiger partial charge in [-0.3, -0.25) is 0 Å². The van der Waals surface area contributed by atoms with Crippen LogP contribution in [0, 0.1) is 5.82 Å². The molecule has 0 unspecified atom stereocenters. The van der Waals surface area contributed by atoms with Crippen LogP contribution in [0.1, 0.15) is 38.7 Å². The molecular weight excluding hydrogens is 308 g/mol. The average molecular weight is 332 g/mol. The summed E-state index contributed by atoms with van der Waals surface area (Å²) in [5, 5.41) is 5.91. The van der Waals surface area contributed by atoms with Crippen LogP contribution in [-0.4, -0.2) is 31.3 Å². The zero-order chi connectivity index (χ0) is 17.1. The van der Waals surface area contributed by atoms with Crippen molar-refractivity contribution >= 4 is 0 Å². The van der Waals surface area contributed by atoms with Crippen molar-refractivity contribution in [2.75, 3.05) is 19.6 Å². The van der Waals surface area contributed by atoms with Gasteiger partial charge in [0.25, 0.3) is 0 Å². The Kier molecular flexibility index (Phi) is 5.36. The predicted octanol–water partition coefficient (Wildman–Crippen LogP) is 3.77. The Bertz CT molecular complexity index is 520. The average Bonchev–Trinajstić information content (AvgIpc) is 2.47. The molecule has 0 amide bonds. The van der Waals surface area contributed by atoms with Gasteiger partial charge in [-0.05, 0) is 63.9 Å². The Morgan fingerprint density at radius 2 is 2.00 bits per heavy atom. The van der Waals surface area contributed by atoms with Crippen molar-refractivity contribution in [1.29, 1.82) is 0 Å². The van der Waals surface area contributed by atoms with Crippen LogP contribution in [0.2, 0.25) is 0 Å². The standard InChI is InChI=1S/C17H24F4N2/c1-15(2,17(19,20)21)23-10-8-16(7-4-9-22-12-16)13-5-3-6-14(18)11-13/h3,5-6,11,22-23H,4,7-10,12H2,1-2H3/t16-/m1/s1. The Morgan fingerprint density at radius 3 is 2.57 bits per heavy atom. The summed E-state index contributed by atoms with van der Waals surface area (Å²) in [4.78, 5) is 0. The lowest BCUT2D eigenvalue weighted by Gasteiger charge is -2.39. The third-order valence-corrected chi connectivity index (χ3v) is 4.79. The molecule has 1 atom stereocenters. The summed E-state index contributed by atoms with van der Waals surface area (Å²) in [6.07, 6.45) is -2.00. The number of rotatable bonds is 5. The van der Waals surface area contributed by atoms with Gasteiger partial charge in [0.15, 0.2) is 0 Å². The van der Waals surface area contributed by atoms with Gasteiger partial charge in [-0.1, -0.05) is 12.1 Å². The summed E-state index contributed by atoms with van der Waals surface area (Å²) in [6, 6.07) is 6.42. The van der Waals surface area contributed by atoms with Crippen molar-refractivity contribution in [3.05, 3.63) is 35.6 Å². The molecule has 1 saturated heterocycles. The SMILES string of the molecule is CC(C)(NCC[C@]1(c2cccc(F)c2)CCCNC1)C(F)(F)F. The molecule has 2 N–H and O–H groups in total. The molecule has 0 aromatic heterocycles. The second-order valence-electron chi connectivity index (χ2n) is 6.87. The second kappa shape index (κ2) is 6.77. The van der Waals surface area contributed by atoms with Crippen molar-refractivity contribution in [3.8, 4) is 0 Å². The van der Waals surface area contributed by atoms with Crippen molar-refractivity contribution in [3.63, 3.8) is 0 Å². The second-order valence-corrected chi connectivity index (χ2v) is 6.87. The summed E-state index contributed by atoms with van der Waals surface area (Å²) in [5.41, 5.74) is -1.40. The molecule has 2 rings (SSSR count). The van der Waals surface area contributed by atoms with Gasteiger partial charge < -0.3 is 10.6 Å². The molecule has 1 aromatic carbocycles. The van der Waals surface area contributed by atoms with Crippen LogP contribution < -0.4 is 10.6 Å². The van der Waals surface area contributed by atoms with Crippen molar-refractivity contribution in [2.24, 2.45) is 0 Å². The van der Waals surface area contributed by atoms with Gasteiger partial charge in [-0.25, -0.2) is 4.39 Å². The first-order chi connectivity index (χ1) is 10.7. The van der Waals surface area contributed by atoms with Crippen LogP contribution in [0.25, 0.3) is 0 Å². The number of alkyl halides is 3. The number of benzene rings is 1. The van der Waals surface area contributed by atoms with E-state index in [4.69, 9.17) is 0 Å². The summed E-state index contributed by atoms with van der Waals surface area (Å²) in [7, 11) is 0. The minimum absolute atomic E-state index is 0.227. The predicted molar refractivity (Wildman–Crippen MR) is 82.9 cm³/mol. The molecule has 0 bridgehead atoms. The van der Waals surface area contributed by atoms with Crippen molar-refractivity contribution < 1.29 is 17.6 Å². The zero-order valence-corrected chi connectivity index (χ0v) is 13.6. The fraction of sp³-hybridized carbons (Fsp3) is 0.647. The highest BCUT2D eigenvalue weighted by atomic mass is 19.4. The minimum atomic E-state index is -4.30. The van der Waals surface area contributed by atoms with E-state index in [0.717, 1.165) is 38.8 Å². The Morgan fingerprint density at radius 1 is 1.26 bits per heavy atom. The van der Waals surface area contributed by atoms with Crippen LogP contribution in [0.4, 0.5) is 17.6 Å². The molecule has 1 aliphatic rings. The number of nitrogens with one attached hydrogen (secondary N) is 2. The van der Waals surface area contributed by atoms with Gasteiger partial charge in [0, 0.05) is 12.0 Å². The van der Waals surface area contributed by atoms with E-state index in [9.17, 15) is 17.6 Å². The Labute approximate surface area is 134 Å². The van der Waals surface area contributed by atoms with E-state index in [1.165, 1.54) is 12.1 Å². The lowest BCUT2D eigenvalue weighted by molar-refractivity contribution is -0.186. The third kappa shape index (κ3) is 4.23. The number of hydrogen-bond acceptors (Lipinski definition) is 2. The van der Waals surface area contributed by atoms with Gasteiger partial charge in [0.05, 0.1) is 0 Å². The highest BCUT2D eigenvalue weighted by Crippen LogP contribution is 2.35. The molecule has 0 saturated carbocycles. The minimum Gasteiger partial charge on any atom is -0.316 e. The highest BCUT2D eigenvalue weighted by Gasteiger charge is 2.47. The molecule has 6 heteroatoms. The first-order valence-electron chi connectivity index (χ1n) is 7.95. The molecule has 0 aliphatic carbocycles. The van der Waals surface area contributed by atoms with Crippen LogP contribution in [0.15, 0.2) is 24.3 Å². The number of halogens is 4. The molecule has 130 valence electrons. The van der Waals surface area contributed by atoms with E-state index in [2.05, 4.69) is 10.6 Å². The highest BCUT2D eigenvalue weighted by molar-refractivity contribution is 5.27. The maximum absolute atomic E-state index is 13.6. The maximum atomic E-state index is 13.6. The monoisotopic (exact) mass is 332 g/mol. The van der Waals surface area contributed by atoms with Crippen LogP contribution >= 0.6 is 0 Å². The summed E-state index contributed by atoms with van der Waals surface area (Å²) < 4.78 is 52.4. The third-order valence-electron chi connectivity index (χ3n) is 4.79. The van der Waals surface area contributed by atoms with Gasteiger partial charge in [0.1, 0.15) is 11.4 Å². The molecule has 1 fully saturated rings. The summed E-state index contributed by atoms with van der Waals surface area (Å²) in [5.74, 6) is -0.309. The topological polar surface area (TPSA) is 24.1 Å². The molecule has 0 radical (unpaired) electrons. The van der Waals surface area contributed by atoms with Crippen molar-refractivity contribution in [2.45, 2.75) is 50.2 Å². The largest absolute Gasteiger partial charge is 0.406 e. The molecule has 23 heavy (non-hydrogen) atoms. The van der Waals surface area contributed by atoms with Crippen LogP contribution in [0.3, 0.4) is 0 Å². The molecular formula is C17H24F4N2. The zero-order valence-electron chi connectivity index (χ0n) is 13.6. The number of hydrogen-bond donors (Lipinski definition) is 2. The normalized spacial score (nSPS) is 23.0. The Balaban J connectivity index is 2.11. The van der Waals surface area contributed by atoms with Gasteiger partial charge >= 0.3 is 6.18 Å². The lowest BCUT2D eigenvalue weighted by atomic mass is 9.72. The molecule has 1 aliphatic heterocycles. The quantitative estimate of drug-likeness (QED) is 0.802. The maximum Gasteiger partial charge on any atom is 0.406 e.